The van der Waals surface area contributed by atoms with E-state index < -0.39 is 0 Å². The Labute approximate surface area is 128 Å². The van der Waals surface area contributed by atoms with Gasteiger partial charge in [0, 0.05) is 5.02 Å². The van der Waals surface area contributed by atoms with E-state index in [1.54, 1.807) is 0 Å². The van der Waals surface area contributed by atoms with Crippen molar-refractivity contribution in [3.05, 3.63) is 58.6 Å². The first-order valence-electron chi connectivity index (χ1n) is 6.66. The molecule has 0 radical (unpaired) electrons. The summed E-state index contributed by atoms with van der Waals surface area (Å²) in [7, 11) is 1.90. The normalized spacial score (nSPS) is 14.9. The van der Waals surface area contributed by atoms with E-state index in [0.29, 0.717) is 16.5 Å². The average molecular weight is 303 g/mol. The van der Waals surface area contributed by atoms with Gasteiger partial charge in [0.2, 0.25) is 0 Å². The summed E-state index contributed by atoms with van der Waals surface area (Å²) in [4.78, 5) is 11.4. The quantitative estimate of drug-likeness (QED) is 0.916. The third-order valence-corrected chi connectivity index (χ3v) is 3.71. The molecule has 1 heterocycles. The Morgan fingerprint density at radius 1 is 1.19 bits per heavy atom. The van der Waals surface area contributed by atoms with Gasteiger partial charge in [0.15, 0.2) is 6.61 Å². The van der Waals surface area contributed by atoms with Crippen LogP contribution >= 0.6 is 11.6 Å². The second-order valence-electron chi connectivity index (χ2n) is 4.87. The van der Waals surface area contributed by atoms with Crippen LogP contribution in [0.2, 0.25) is 5.02 Å². The first-order valence-corrected chi connectivity index (χ1v) is 7.04. The lowest BCUT2D eigenvalue weighted by molar-refractivity contribution is -0.118. The Balaban J connectivity index is 1.96. The summed E-state index contributed by atoms with van der Waals surface area (Å²) in [6.07, 6.45) is 0. The summed E-state index contributed by atoms with van der Waals surface area (Å²) < 4.78 is 5.38. The van der Waals surface area contributed by atoms with Gasteiger partial charge < -0.3 is 15.4 Å². The molecule has 4 nitrogen and oxygen atoms in total. The van der Waals surface area contributed by atoms with Gasteiger partial charge in [-0.15, -0.1) is 0 Å². The molecule has 1 aliphatic heterocycles. The summed E-state index contributed by atoms with van der Waals surface area (Å²) >= 11 is 5.93. The van der Waals surface area contributed by atoms with E-state index in [0.717, 1.165) is 11.1 Å². The minimum atomic E-state index is -0.132. The number of hydrogen-bond donors (Lipinski definition) is 2. The number of fused-ring (bicyclic) bond motifs is 1. The number of rotatable bonds is 3. The first-order chi connectivity index (χ1) is 10.2. The second-order valence-corrected chi connectivity index (χ2v) is 5.30. The molecule has 5 heteroatoms. The maximum absolute atomic E-state index is 11.4. The molecular weight excluding hydrogens is 288 g/mol. The predicted octanol–water partition coefficient (Wildman–Crippen LogP) is 2.98. The van der Waals surface area contributed by atoms with Gasteiger partial charge in [-0.2, -0.15) is 0 Å². The molecular formula is C16H15ClN2O2. The molecule has 0 saturated heterocycles. The Morgan fingerprint density at radius 3 is 2.62 bits per heavy atom. The number of halogens is 1. The summed E-state index contributed by atoms with van der Waals surface area (Å²) in [6, 6.07) is 13.5. The highest BCUT2D eigenvalue weighted by Crippen LogP contribution is 2.32. The van der Waals surface area contributed by atoms with Crippen molar-refractivity contribution >= 4 is 23.2 Å². The zero-order chi connectivity index (χ0) is 14.8. The van der Waals surface area contributed by atoms with Gasteiger partial charge in [-0.3, -0.25) is 4.79 Å². The van der Waals surface area contributed by atoms with Crippen LogP contribution in [0, 0.1) is 0 Å². The van der Waals surface area contributed by atoms with Crippen LogP contribution in [-0.4, -0.2) is 19.6 Å². The molecule has 0 aliphatic carbocycles. The molecule has 1 unspecified atom stereocenters. The van der Waals surface area contributed by atoms with Gasteiger partial charge >= 0.3 is 0 Å². The Morgan fingerprint density at radius 2 is 1.90 bits per heavy atom. The highest BCUT2D eigenvalue weighted by atomic mass is 35.5. The molecule has 0 aromatic heterocycles. The van der Waals surface area contributed by atoms with E-state index in [1.807, 2.05) is 49.5 Å². The van der Waals surface area contributed by atoms with Crippen molar-refractivity contribution < 1.29 is 9.53 Å². The highest BCUT2D eigenvalue weighted by molar-refractivity contribution is 6.30. The summed E-state index contributed by atoms with van der Waals surface area (Å²) in [5, 5.41) is 6.81. The number of anilines is 1. The third-order valence-electron chi connectivity index (χ3n) is 3.46. The van der Waals surface area contributed by atoms with Crippen LogP contribution in [0.4, 0.5) is 5.69 Å². The summed E-state index contributed by atoms with van der Waals surface area (Å²) in [6.45, 7) is 0.0684. The topological polar surface area (TPSA) is 50.4 Å². The zero-order valence-corrected chi connectivity index (χ0v) is 12.3. The van der Waals surface area contributed by atoms with E-state index >= 15 is 0 Å². The van der Waals surface area contributed by atoms with Crippen LogP contribution in [0.15, 0.2) is 42.5 Å². The molecule has 0 bridgehead atoms. The lowest BCUT2D eigenvalue weighted by atomic mass is 9.98. The lowest BCUT2D eigenvalue weighted by Gasteiger charge is -2.22. The van der Waals surface area contributed by atoms with Crippen molar-refractivity contribution in [3.8, 4) is 5.75 Å². The van der Waals surface area contributed by atoms with Gasteiger partial charge in [-0.05, 0) is 42.4 Å². The average Bonchev–Trinajstić information content (AvgIpc) is 2.49. The van der Waals surface area contributed by atoms with Gasteiger partial charge in [0.1, 0.15) is 5.75 Å². The number of carbonyl (C=O) groups excluding carboxylic acids is 1. The molecule has 1 amide bonds. The van der Waals surface area contributed by atoms with E-state index in [9.17, 15) is 4.79 Å². The SMILES string of the molecule is CNC(c1ccc(Cl)cc1)c1ccc2c(c1)NC(=O)CO2. The zero-order valence-electron chi connectivity index (χ0n) is 11.5. The fourth-order valence-electron chi connectivity index (χ4n) is 2.46. The van der Waals surface area contributed by atoms with Crippen LogP contribution in [0.1, 0.15) is 17.2 Å². The Kier molecular flexibility index (Phi) is 3.82. The standard InChI is InChI=1S/C16H15ClN2O2/c1-18-16(10-2-5-12(17)6-3-10)11-4-7-14-13(8-11)19-15(20)9-21-14/h2-8,16,18H,9H2,1H3,(H,19,20). The van der Waals surface area contributed by atoms with Crippen molar-refractivity contribution in [1.82, 2.24) is 5.32 Å². The molecule has 21 heavy (non-hydrogen) atoms. The third kappa shape index (κ3) is 2.86. The van der Waals surface area contributed by atoms with Crippen LogP contribution in [-0.2, 0) is 4.79 Å². The van der Waals surface area contributed by atoms with Crippen molar-refractivity contribution in [1.29, 1.82) is 0 Å². The van der Waals surface area contributed by atoms with Gasteiger partial charge in [0.05, 0.1) is 11.7 Å². The van der Waals surface area contributed by atoms with E-state index in [4.69, 9.17) is 16.3 Å². The van der Waals surface area contributed by atoms with E-state index in [2.05, 4.69) is 10.6 Å². The summed E-state index contributed by atoms with van der Waals surface area (Å²) in [5.41, 5.74) is 2.85. The largest absolute Gasteiger partial charge is 0.482 e. The van der Waals surface area contributed by atoms with Gasteiger partial charge in [-0.25, -0.2) is 0 Å². The fraction of sp³-hybridized carbons (Fsp3) is 0.188. The van der Waals surface area contributed by atoms with Gasteiger partial charge in [0.25, 0.3) is 5.91 Å². The van der Waals surface area contributed by atoms with Crippen LogP contribution in [0.3, 0.4) is 0 Å². The van der Waals surface area contributed by atoms with Crippen molar-refractivity contribution in [2.45, 2.75) is 6.04 Å². The molecule has 108 valence electrons. The molecule has 2 aromatic rings. The number of amides is 1. The summed E-state index contributed by atoms with van der Waals surface area (Å²) in [5.74, 6) is 0.566. The lowest BCUT2D eigenvalue weighted by Crippen LogP contribution is -2.26. The smallest absolute Gasteiger partial charge is 0.262 e. The maximum Gasteiger partial charge on any atom is 0.262 e. The van der Waals surface area contributed by atoms with E-state index in [1.165, 1.54) is 0 Å². The van der Waals surface area contributed by atoms with Crippen molar-refractivity contribution in [2.24, 2.45) is 0 Å². The molecule has 0 fully saturated rings. The molecule has 0 saturated carbocycles. The number of nitrogens with one attached hydrogen (secondary N) is 2. The Bertz CT molecular complexity index is 670. The highest BCUT2D eigenvalue weighted by Gasteiger charge is 2.19. The second kappa shape index (κ2) is 5.76. The molecule has 0 spiro atoms. The number of benzene rings is 2. The fourth-order valence-corrected chi connectivity index (χ4v) is 2.59. The minimum Gasteiger partial charge on any atom is -0.482 e. The number of carbonyl (C=O) groups is 1. The molecule has 3 rings (SSSR count). The molecule has 2 N–H and O–H groups in total. The van der Waals surface area contributed by atoms with E-state index in [-0.39, 0.29) is 18.6 Å². The van der Waals surface area contributed by atoms with Crippen LogP contribution < -0.4 is 15.4 Å². The number of ether oxygens (including phenoxy) is 1. The molecule has 1 aliphatic rings. The monoisotopic (exact) mass is 302 g/mol. The Hall–Kier alpha value is -2.04. The molecule has 2 aromatic carbocycles. The predicted molar refractivity (Wildman–Crippen MR) is 82.9 cm³/mol. The maximum atomic E-state index is 11.4. The minimum absolute atomic E-state index is 0.0198. The molecule has 1 atom stereocenters. The van der Waals surface area contributed by atoms with Crippen molar-refractivity contribution in [2.75, 3.05) is 19.0 Å². The van der Waals surface area contributed by atoms with Crippen molar-refractivity contribution in [3.63, 3.8) is 0 Å². The number of hydrogen-bond acceptors (Lipinski definition) is 3. The first kappa shape index (κ1) is 13.9. The van der Waals surface area contributed by atoms with Gasteiger partial charge in [-0.1, -0.05) is 29.8 Å². The van der Waals surface area contributed by atoms with Crippen LogP contribution in [0.5, 0.6) is 5.75 Å². The van der Waals surface area contributed by atoms with Crippen LogP contribution in [0.25, 0.3) is 0 Å².